The summed E-state index contributed by atoms with van der Waals surface area (Å²) in [6, 6.07) is 3.87. The van der Waals surface area contributed by atoms with Crippen molar-refractivity contribution >= 4 is 59.6 Å². The fraction of sp³-hybridized carbons (Fsp3) is 0.625. The van der Waals surface area contributed by atoms with Crippen LogP contribution in [0.4, 0.5) is 0 Å². The molecular formula is C16H25Cl5N2. The average molecular weight is 423 g/mol. The summed E-state index contributed by atoms with van der Waals surface area (Å²) in [5.74, 6) is 0.659. The molecular weight excluding hydrogens is 397 g/mol. The molecule has 0 radical (unpaired) electrons. The van der Waals surface area contributed by atoms with E-state index in [4.69, 9.17) is 34.8 Å². The highest BCUT2D eigenvalue weighted by molar-refractivity contribution is 6.44. The van der Waals surface area contributed by atoms with Gasteiger partial charge < -0.3 is 5.32 Å². The Labute approximate surface area is 167 Å². The Bertz CT molecular complexity index is 476. The lowest BCUT2D eigenvalue weighted by molar-refractivity contribution is 0.160. The molecule has 1 saturated heterocycles. The Balaban J connectivity index is 0.00000242. The maximum Gasteiger partial charge on any atom is 0.0655 e. The third-order valence-electron chi connectivity index (χ3n) is 4.02. The van der Waals surface area contributed by atoms with Crippen molar-refractivity contribution in [3.8, 4) is 0 Å². The van der Waals surface area contributed by atoms with Crippen LogP contribution < -0.4 is 5.32 Å². The number of hydrogen-bond donors (Lipinski definition) is 1. The van der Waals surface area contributed by atoms with Gasteiger partial charge in [-0.05, 0) is 30.9 Å². The minimum atomic E-state index is 0. The molecule has 0 amide bonds. The third kappa shape index (κ3) is 6.43. The summed E-state index contributed by atoms with van der Waals surface area (Å²) in [6.45, 7) is 8.54. The van der Waals surface area contributed by atoms with Crippen LogP contribution >= 0.6 is 59.6 Å². The SMILES string of the molecule is CC(C)CC[C@H](c1c(Cl)ccc(Cl)c1Cl)N1CCNCC1.Cl.Cl. The van der Waals surface area contributed by atoms with Gasteiger partial charge in [-0.1, -0.05) is 48.7 Å². The average Bonchev–Trinajstić information content (AvgIpc) is 2.47. The Kier molecular flexibility index (Phi) is 11.5. The van der Waals surface area contributed by atoms with Crippen LogP contribution in [-0.4, -0.2) is 31.1 Å². The van der Waals surface area contributed by atoms with E-state index in [0.717, 1.165) is 49.6 Å². The summed E-state index contributed by atoms with van der Waals surface area (Å²) in [5.41, 5.74) is 0.994. The Morgan fingerprint density at radius 3 is 2.13 bits per heavy atom. The molecule has 23 heavy (non-hydrogen) atoms. The van der Waals surface area contributed by atoms with E-state index in [9.17, 15) is 0 Å². The van der Waals surface area contributed by atoms with Crippen LogP contribution in [0, 0.1) is 5.92 Å². The van der Waals surface area contributed by atoms with Gasteiger partial charge in [-0.2, -0.15) is 0 Å². The first-order valence-corrected chi connectivity index (χ1v) is 8.72. The monoisotopic (exact) mass is 420 g/mol. The van der Waals surface area contributed by atoms with Crippen LogP contribution in [-0.2, 0) is 0 Å². The topological polar surface area (TPSA) is 15.3 Å². The molecule has 1 aromatic carbocycles. The molecule has 1 atom stereocenters. The van der Waals surface area contributed by atoms with Crippen LogP contribution in [0.5, 0.6) is 0 Å². The fourth-order valence-electron chi connectivity index (χ4n) is 2.84. The van der Waals surface area contributed by atoms with Crippen LogP contribution in [0.3, 0.4) is 0 Å². The lowest BCUT2D eigenvalue weighted by Gasteiger charge is -2.36. The molecule has 1 N–H and O–H groups in total. The summed E-state index contributed by atoms with van der Waals surface area (Å²) < 4.78 is 0. The summed E-state index contributed by atoms with van der Waals surface area (Å²) in [5, 5.41) is 5.30. The van der Waals surface area contributed by atoms with Gasteiger partial charge >= 0.3 is 0 Å². The molecule has 1 aromatic rings. The van der Waals surface area contributed by atoms with E-state index in [1.54, 1.807) is 6.07 Å². The van der Waals surface area contributed by atoms with Crippen molar-refractivity contribution in [1.29, 1.82) is 0 Å². The van der Waals surface area contributed by atoms with Crippen molar-refractivity contribution < 1.29 is 0 Å². The zero-order chi connectivity index (χ0) is 15.4. The maximum absolute atomic E-state index is 6.47. The number of nitrogens with one attached hydrogen (secondary N) is 1. The first kappa shape index (κ1) is 23.6. The van der Waals surface area contributed by atoms with E-state index in [-0.39, 0.29) is 30.9 Å². The lowest BCUT2D eigenvalue weighted by atomic mass is 9.95. The molecule has 134 valence electrons. The van der Waals surface area contributed by atoms with Gasteiger partial charge in [-0.25, -0.2) is 0 Å². The van der Waals surface area contributed by atoms with Crippen molar-refractivity contribution in [1.82, 2.24) is 10.2 Å². The van der Waals surface area contributed by atoms with E-state index in [1.165, 1.54) is 0 Å². The van der Waals surface area contributed by atoms with Crippen molar-refractivity contribution in [2.24, 2.45) is 5.92 Å². The molecule has 2 rings (SSSR count). The van der Waals surface area contributed by atoms with Crippen molar-refractivity contribution in [2.75, 3.05) is 26.2 Å². The highest BCUT2D eigenvalue weighted by Gasteiger charge is 2.27. The van der Waals surface area contributed by atoms with Crippen molar-refractivity contribution in [2.45, 2.75) is 32.7 Å². The predicted molar refractivity (Wildman–Crippen MR) is 107 cm³/mol. The van der Waals surface area contributed by atoms with E-state index < -0.39 is 0 Å². The smallest absolute Gasteiger partial charge is 0.0655 e. The molecule has 1 aliphatic rings. The number of nitrogens with zero attached hydrogens (tertiary/aromatic N) is 1. The summed E-state index contributed by atoms with van der Waals surface area (Å²) >= 11 is 19.1. The molecule has 2 nitrogen and oxygen atoms in total. The summed E-state index contributed by atoms with van der Waals surface area (Å²) in [6.07, 6.45) is 2.20. The summed E-state index contributed by atoms with van der Waals surface area (Å²) in [4.78, 5) is 2.47. The van der Waals surface area contributed by atoms with Crippen molar-refractivity contribution in [3.63, 3.8) is 0 Å². The quantitative estimate of drug-likeness (QED) is 0.597. The molecule has 7 heteroatoms. The second-order valence-corrected chi connectivity index (χ2v) is 7.22. The van der Waals surface area contributed by atoms with E-state index in [0.29, 0.717) is 16.0 Å². The fourth-order valence-corrected chi connectivity index (χ4v) is 3.63. The minimum Gasteiger partial charge on any atom is -0.314 e. The summed E-state index contributed by atoms with van der Waals surface area (Å²) in [7, 11) is 0. The molecule has 0 unspecified atom stereocenters. The van der Waals surface area contributed by atoms with Crippen LogP contribution in [0.1, 0.15) is 38.3 Å². The molecule has 0 saturated carbocycles. The van der Waals surface area contributed by atoms with Crippen molar-refractivity contribution in [3.05, 3.63) is 32.8 Å². The van der Waals surface area contributed by atoms with Gasteiger partial charge in [0.1, 0.15) is 0 Å². The molecule has 1 fully saturated rings. The Morgan fingerprint density at radius 2 is 1.57 bits per heavy atom. The second kappa shape index (κ2) is 11.3. The first-order valence-electron chi connectivity index (χ1n) is 7.59. The zero-order valence-electron chi connectivity index (χ0n) is 13.4. The third-order valence-corrected chi connectivity index (χ3v) is 5.17. The molecule has 0 spiro atoms. The minimum absolute atomic E-state index is 0. The van der Waals surface area contributed by atoms with Gasteiger partial charge in [-0.3, -0.25) is 4.90 Å². The molecule has 1 aliphatic heterocycles. The van der Waals surface area contributed by atoms with Crippen LogP contribution in [0.15, 0.2) is 12.1 Å². The van der Waals surface area contributed by atoms with Gasteiger partial charge in [-0.15, -0.1) is 24.8 Å². The number of piperazine rings is 1. The molecule has 0 aliphatic carbocycles. The molecule has 1 heterocycles. The number of benzene rings is 1. The normalized spacial score (nSPS) is 16.6. The predicted octanol–water partition coefficient (Wildman–Crippen LogP) is 5.87. The Hall–Kier alpha value is 0.590. The largest absolute Gasteiger partial charge is 0.314 e. The standard InChI is InChI=1S/C16H23Cl3N2.2ClH/c1-11(2)3-6-14(21-9-7-20-8-10-21)15-12(17)4-5-13(18)16(15)19;;/h4-5,11,14,20H,3,6-10H2,1-2H3;2*1H/t14-;;/m1../s1. The van der Waals surface area contributed by atoms with Crippen LogP contribution in [0.25, 0.3) is 0 Å². The number of rotatable bonds is 5. The van der Waals surface area contributed by atoms with E-state index >= 15 is 0 Å². The van der Waals surface area contributed by atoms with E-state index in [2.05, 4.69) is 24.1 Å². The number of hydrogen-bond acceptors (Lipinski definition) is 2. The maximum atomic E-state index is 6.47. The van der Waals surface area contributed by atoms with Gasteiger partial charge in [0.05, 0.1) is 10.0 Å². The zero-order valence-corrected chi connectivity index (χ0v) is 17.4. The Morgan fingerprint density at radius 1 is 1.00 bits per heavy atom. The highest BCUT2D eigenvalue weighted by Crippen LogP contribution is 2.40. The molecule has 0 aromatic heterocycles. The van der Waals surface area contributed by atoms with Gasteiger partial charge in [0.25, 0.3) is 0 Å². The number of halogens is 5. The first-order chi connectivity index (χ1) is 10.0. The van der Waals surface area contributed by atoms with Gasteiger partial charge in [0, 0.05) is 42.8 Å². The highest BCUT2D eigenvalue weighted by atomic mass is 35.5. The van der Waals surface area contributed by atoms with E-state index in [1.807, 2.05) is 6.07 Å². The van der Waals surface area contributed by atoms with Crippen LogP contribution in [0.2, 0.25) is 15.1 Å². The van der Waals surface area contributed by atoms with Gasteiger partial charge in [0.2, 0.25) is 0 Å². The lowest BCUT2D eigenvalue weighted by Crippen LogP contribution is -2.45. The second-order valence-electron chi connectivity index (χ2n) is 6.03. The molecule has 0 bridgehead atoms. The van der Waals surface area contributed by atoms with Gasteiger partial charge in [0.15, 0.2) is 0 Å².